The molecule has 2 aromatic carbocycles. The highest BCUT2D eigenvalue weighted by molar-refractivity contribution is 6.07. The average Bonchev–Trinajstić information content (AvgIpc) is 2.62. The quantitative estimate of drug-likeness (QED) is 0.567. The van der Waals surface area contributed by atoms with E-state index >= 15 is 0 Å². The summed E-state index contributed by atoms with van der Waals surface area (Å²) in [6.45, 7) is 6.58. The first-order valence-electron chi connectivity index (χ1n) is 8.93. The fourth-order valence-electron chi connectivity index (χ4n) is 3.51. The van der Waals surface area contributed by atoms with Crippen LogP contribution in [0.4, 0.5) is 11.4 Å². The summed E-state index contributed by atoms with van der Waals surface area (Å²) in [5.41, 5.74) is 9.81. The molecule has 5 nitrogen and oxygen atoms in total. The van der Waals surface area contributed by atoms with Gasteiger partial charge >= 0.3 is 0 Å². The maximum absolute atomic E-state index is 5.96. The van der Waals surface area contributed by atoms with E-state index in [-0.39, 0.29) is 0 Å². The first-order chi connectivity index (χ1) is 12.2. The van der Waals surface area contributed by atoms with Crippen LogP contribution in [0.3, 0.4) is 0 Å². The number of rotatable bonds is 4. The predicted octanol–water partition coefficient (Wildman–Crippen LogP) is 2.63. The van der Waals surface area contributed by atoms with E-state index in [9.17, 15) is 0 Å². The summed E-state index contributed by atoms with van der Waals surface area (Å²) in [6, 6.07) is 14.3. The van der Waals surface area contributed by atoms with Crippen molar-refractivity contribution in [3.8, 4) is 0 Å². The lowest BCUT2D eigenvalue weighted by Gasteiger charge is -2.32. The molecule has 3 N–H and O–H groups in total. The molecule has 1 aromatic heterocycles. The number of nitrogens with one attached hydrogen (secondary N) is 1. The van der Waals surface area contributed by atoms with Crippen LogP contribution >= 0.6 is 0 Å². The third kappa shape index (κ3) is 3.38. The summed E-state index contributed by atoms with van der Waals surface area (Å²) in [5.74, 6) is 0. The minimum Gasteiger partial charge on any atom is -0.399 e. The number of aromatic nitrogens is 1. The lowest BCUT2D eigenvalue weighted by Crippen LogP contribution is -2.45. The lowest BCUT2D eigenvalue weighted by molar-refractivity contribution is 0.158. The van der Waals surface area contributed by atoms with Crippen LogP contribution in [0.1, 0.15) is 0 Å². The highest BCUT2D eigenvalue weighted by atomic mass is 15.2. The summed E-state index contributed by atoms with van der Waals surface area (Å²) in [6.07, 6.45) is 0. The summed E-state index contributed by atoms with van der Waals surface area (Å²) >= 11 is 0. The summed E-state index contributed by atoms with van der Waals surface area (Å²) < 4.78 is 0. The van der Waals surface area contributed by atoms with Crippen LogP contribution in [0, 0.1) is 0 Å². The normalized spacial score (nSPS) is 16.5. The molecule has 1 aliphatic rings. The molecule has 1 fully saturated rings. The molecule has 0 amide bonds. The van der Waals surface area contributed by atoms with Crippen LogP contribution in [-0.4, -0.2) is 61.1 Å². The number of fused-ring (bicyclic) bond motifs is 2. The van der Waals surface area contributed by atoms with Gasteiger partial charge in [-0.15, -0.1) is 0 Å². The van der Waals surface area contributed by atoms with Gasteiger partial charge in [-0.1, -0.05) is 18.2 Å². The molecule has 5 heteroatoms. The summed E-state index contributed by atoms with van der Waals surface area (Å²) in [5, 5.41) is 5.97. The molecule has 0 bridgehead atoms. The minimum atomic E-state index is 0.749. The Labute approximate surface area is 148 Å². The van der Waals surface area contributed by atoms with Crippen LogP contribution < -0.4 is 11.1 Å². The van der Waals surface area contributed by atoms with E-state index in [1.165, 1.54) is 0 Å². The van der Waals surface area contributed by atoms with Crippen molar-refractivity contribution in [2.45, 2.75) is 0 Å². The van der Waals surface area contributed by atoms with Gasteiger partial charge in [-0.2, -0.15) is 0 Å². The molecule has 130 valence electrons. The number of nitrogens with zero attached hydrogens (tertiary/aromatic N) is 3. The largest absolute Gasteiger partial charge is 0.399 e. The molecule has 3 aromatic rings. The molecule has 0 atom stereocenters. The molecule has 1 aliphatic heterocycles. The SMILES string of the molecule is CN1CCN(CCNc2c3ccccc3nc3cc(N)ccc23)CC1. The standard InChI is InChI=1S/C20H25N5/c1-24-10-12-25(13-11-24)9-8-22-20-16-4-2-3-5-18(16)23-19-14-15(21)6-7-17(19)20/h2-7,14H,8-13,21H2,1H3,(H,22,23). The minimum absolute atomic E-state index is 0.749. The van der Waals surface area contributed by atoms with Crippen molar-refractivity contribution >= 4 is 33.2 Å². The van der Waals surface area contributed by atoms with E-state index in [0.29, 0.717) is 0 Å². The second-order valence-corrected chi connectivity index (χ2v) is 6.85. The number of piperazine rings is 1. The maximum atomic E-state index is 5.96. The number of benzene rings is 2. The number of pyridine rings is 1. The molecular formula is C20H25N5. The van der Waals surface area contributed by atoms with E-state index in [4.69, 9.17) is 10.7 Å². The number of nitrogens with two attached hydrogens (primary N) is 1. The van der Waals surface area contributed by atoms with Crippen molar-refractivity contribution in [1.82, 2.24) is 14.8 Å². The lowest BCUT2D eigenvalue weighted by atomic mass is 10.1. The first kappa shape index (κ1) is 16.1. The van der Waals surface area contributed by atoms with Gasteiger partial charge in [0, 0.05) is 55.7 Å². The van der Waals surface area contributed by atoms with Gasteiger partial charge in [0.15, 0.2) is 0 Å². The van der Waals surface area contributed by atoms with Crippen LogP contribution in [0.25, 0.3) is 21.8 Å². The molecule has 0 saturated carbocycles. The van der Waals surface area contributed by atoms with Crippen molar-refractivity contribution in [3.63, 3.8) is 0 Å². The van der Waals surface area contributed by atoms with Gasteiger partial charge < -0.3 is 16.0 Å². The van der Waals surface area contributed by atoms with Crippen molar-refractivity contribution in [1.29, 1.82) is 0 Å². The van der Waals surface area contributed by atoms with Crippen LogP contribution in [0.15, 0.2) is 42.5 Å². The second kappa shape index (κ2) is 6.86. The Hall–Kier alpha value is -2.37. The van der Waals surface area contributed by atoms with Gasteiger partial charge in [0.05, 0.1) is 16.7 Å². The molecule has 0 aliphatic carbocycles. The van der Waals surface area contributed by atoms with Crippen LogP contribution in [0.5, 0.6) is 0 Å². The van der Waals surface area contributed by atoms with Gasteiger partial charge in [0.25, 0.3) is 0 Å². The molecule has 0 unspecified atom stereocenters. The highest BCUT2D eigenvalue weighted by Gasteiger charge is 2.14. The van der Waals surface area contributed by atoms with Crippen molar-refractivity contribution in [3.05, 3.63) is 42.5 Å². The number of hydrogen-bond donors (Lipinski definition) is 2. The summed E-state index contributed by atoms with van der Waals surface area (Å²) in [7, 11) is 2.19. The summed E-state index contributed by atoms with van der Waals surface area (Å²) in [4.78, 5) is 9.68. The van der Waals surface area contributed by atoms with Gasteiger partial charge in [-0.05, 0) is 31.3 Å². The maximum Gasteiger partial charge on any atom is 0.0751 e. The molecular weight excluding hydrogens is 310 g/mol. The number of para-hydroxylation sites is 1. The number of nitrogen functional groups attached to an aromatic ring is 1. The molecule has 2 heterocycles. The van der Waals surface area contributed by atoms with Crippen LogP contribution in [0.2, 0.25) is 0 Å². The van der Waals surface area contributed by atoms with Crippen molar-refractivity contribution in [2.24, 2.45) is 0 Å². The zero-order valence-electron chi connectivity index (χ0n) is 14.7. The smallest absolute Gasteiger partial charge is 0.0751 e. The van der Waals surface area contributed by atoms with E-state index in [1.807, 2.05) is 18.2 Å². The van der Waals surface area contributed by atoms with E-state index in [0.717, 1.165) is 72.4 Å². The van der Waals surface area contributed by atoms with E-state index in [1.54, 1.807) is 0 Å². The topological polar surface area (TPSA) is 57.4 Å². The Morgan fingerprint density at radius 3 is 2.60 bits per heavy atom. The fourth-order valence-corrected chi connectivity index (χ4v) is 3.51. The zero-order valence-corrected chi connectivity index (χ0v) is 14.7. The van der Waals surface area contributed by atoms with Gasteiger partial charge in [-0.25, -0.2) is 4.98 Å². The Morgan fingerprint density at radius 1 is 1.00 bits per heavy atom. The van der Waals surface area contributed by atoms with Gasteiger partial charge in [0.1, 0.15) is 0 Å². The van der Waals surface area contributed by atoms with Gasteiger partial charge in [-0.3, -0.25) is 4.90 Å². The Balaban J connectivity index is 1.60. The van der Waals surface area contributed by atoms with Crippen LogP contribution in [-0.2, 0) is 0 Å². The zero-order chi connectivity index (χ0) is 17.2. The van der Waals surface area contributed by atoms with E-state index in [2.05, 4.69) is 46.4 Å². The fraction of sp³-hybridized carbons (Fsp3) is 0.350. The molecule has 0 radical (unpaired) electrons. The van der Waals surface area contributed by atoms with Gasteiger partial charge in [0.2, 0.25) is 0 Å². The van der Waals surface area contributed by atoms with Crippen molar-refractivity contribution in [2.75, 3.05) is 57.4 Å². The number of anilines is 2. The molecule has 0 spiro atoms. The Morgan fingerprint density at radius 2 is 1.76 bits per heavy atom. The predicted molar refractivity (Wildman–Crippen MR) is 106 cm³/mol. The number of hydrogen-bond acceptors (Lipinski definition) is 5. The third-order valence-corrected chi connectivity index (χ3v) is 5.03. The Bertz CT molecular complexity index is 884. The Kier molecular flexibility index (Phi) is 4.42. The third-order valence-electron chi connectivity index (χ3n) is 5.03. The molecule has 1 saturated heterocycles. The second-order valence-electron chi connectivity index (χ2n) is 6.85. The first-order valence-corrected chi connectivity index (χ1v) is 8.93. The highest BCUT2D eigenvalue weighted by Crippen LogP contribution is 2.31. The number of likely N-dealkylation sites (N-methyl/N-ethyl adjacent to an activating group) is 1. The molecule has 25 heavy (non-hydrogen) atoms. The average molecular weight is 335 g/mol. The monoisotopic (exact) mass is 335 g/mol. The molecule has 4 rings (SSSR count). The van der Waals surface area contributed by atoms with Crippen molar-refractivity contribution < 1.29 is 0 Å². The van der Waals surface area contributed by atoms with E-state index < -0.39 is 0 Å².